The molecular formula is C16H15NO2. The molecule has 2 aromatic rings. The van der Waals surface area contributed by atoms with Crippen LogP contribution in [0.3, 0.4) is 0 Å². The molecule has 0 spiro atoms. The Labute approximate surface area is 112 Å². The zero-order chi connectivity index (χ0) is 12.9. The van der Waals surface area contributed by atoms with E-state index in [-0.39, 0.29) is 0 Å². The molecule has 96 valence electrons. The number of benzene rings is 2. The molecular weight excluding hydrogens is 238 g/mol. The third-order valence-electron chi connectivity index (χ3n) is 2.91. The van der Waals surface area contributed by atoms with Crippen LogP contribution in [-0.4, -0.2) is 13.3 Å². The molecule has 1 heterocycles. The SMILES string of the molecule is C(=Cc1ccccc1)CNc1ccc2c(c1)OCO2. The lowest BCUT2D eigenvalue weighted by molar-refractivity contribution is 0.174. The van der Waals surface area contributed by atoms with Gasteiger partial charge in [-0.25, -0.2) is 0 Å². The molecule has 1 aliphatic heterocycles. The van der Waals surface area contributed by atoms with Gasteiger partial charge in [0.05, 0.1) is 0 Å². The van der Waals surface area contributed by atoms with Crippen LogP contribution >= 0.6 is 0 Å². The quantitative estimate of drug-likeness (QED) is 0.904. The first-order chi connectivity index (χ1) is 9.42. The van der Waals surface area contributed by atoms with Crippen LogP contribution < -0.4 is 14.8 Å². The minimum absolute atomic E-state index is 0.312. The number of anilines is 1. The highest BCUT2D eigenvalue weighted by atomic mass is 16.7. The number of hydrogen-bond donors (Lipinski definition) is 1. The molecule has 0 aliphatic carbocycles. The molecule has 19 heavy (non-hydrogen) atoms. The lowest BCUT2D eigenvalue weighted by Crippen LogP contribution is -1.97. The van der Waals surface area contributed by atoms with Gasteiger partial charge in [0.1, 0.15) is 0 Å². The second-order valence-corrected chi connectivity index (χ2v) is 4.26. The van der Waals surface area contributed by atoms with Gasteiger partial charge >= 0.3 is 0 Å². The molecule has 0 amide bonds. The monoisotopic (exact) mass is 253 g/mol. The van der Waals surface area contributed by atoms with Crippen LogP contribution in [0.15, 0.2) is 54.6 Å². The topological polar surface area (TPSA) is 30.5 Å². The first-order valence-corrected chi connectivity index (χ1v) is 6.27. The molecule has 0 radical (unpaired) electrons. The molecule has 0 saturated heterocycles. The molecule has 0 saturated carbocycles. The van der Waals surface area contributed by atoms with Crippen LogP contribution in [0.25, 0.3) is 6.08 Å². The third kappa shape index (κ3) is 2.88. The lowest BCUT2D eigenvalue weighted by Gasteiger charge is -2.04. The maximum Gasteiger partial charge on any atom is 0.231 e. The van der Waals surface area contributed by atoms with Crippen molar-refractivity contribution < 1.29 is 9.47 Å². The minimum Gasteiger partial charge on any atom is -0.454 e. The summed E-state index contributed by atoms with van der Waals surface area (Å²) in [6, 6.07) is 16.1. The van der Waals surface area contributed by atoms with E-state index in [1.165, 1.54) is 5.56 Å². The largest absolute Gasteiger partial charge is 0.454 e. The van der Waals surface area contributed by atoms with Crippen molar-refractivity contribution in [2.24, 2.45) is 0 Å². The van der Waals surface area contributed by atoms with Crippen molar-refractivity contribution in [2.75, 3.05) is 18.7 Å². The molecule has 3 nitrogen and oxygen atoms in total. The molecule has 0 atom stereocenters. The van der Waals surface area contributed by atoms with E-state index in [9.17, 15) is 0 Å². The Balaban J connectivity index is 1.57. The highest BCUT2D eigenvalue weighted by Gasteiger charge is 2.12. The molecule has 1 N–H and O–H groups in total. The van der Waals surface area contributed by atoms with E-state index in [4.69, 9.17) is 9.47 Å². The van der Waals surface area contributed by atoms with E-state index in [1.54, 1.807) is 0 Å². The number of fused-ring (bicyclic) bond motifs is 1. The first-order valence-electron chi connectivity index (χ1n) is 6.27. The van der Waals surface area contributed by atoms with Crippen LogP contribution in [0.1, 0.15) is 5.56 Å². The van der Waals surface area contributed by atoms with Gasteiger partial charge in [0, 0.05) is 18.3 Å². The smallest absolute Gasteiger partial charge is 0.231 e. The normalized spacial score (nSPS) is 12.8. The standard InChI is InChI=1S/C16H15NO2/c1-2-5-13(6-3-1)7-4-10-17-14-8-9-15-16(11-14)19-12-18-15/h1-9,11,17H,10,12H2. The molecule has 0 aromatic heterocycles. The van der Waals surface area contributed by atoms with Crippen molar-refractivity contribution in [1.29, 1.82) is 0 Å². The van der Waals surface area contributed by atoms with Crippen molar-refractivity contribution in [1.82, 2.24) is 0 Å². The van der Waals surface area contributed by atoms with Crippen molar-refractivity contribution >= 4 is 11.8 Å². The van der Waals surface area contributed by atoms with Crippen molar-refractivity contribution in [3.63, 3.8) is 0 Å². The van der Waals surface area contributed by atoms with E-state index in [1.807, 2.05) is 36.4 Å². The number of nitrogens with one attached hydrogen (secondary N) is 1. The van der Waals surface area contributed by atoms with E-state index >= 15 is 0 Å². The molecule has 0 fully saturated rings. The summed E-state index contributed by atoms with van der Waals surface area (Å²) >= 11 is 0. The Bertz CT molecular complexity index is 579. The molecule has 3 rings (SSSR count). The Morgan fingerprint density at radius 3 is 2.74 bits per heavy atom. The number of hydrogen-bond acceptors (Lipinski definition) is 3. The Hall–Kier alpha value is -2.42. The van der Waals surface area contributed by atoms with E-state index in [0.717, 1.165) is 23.7 Å². The third-order valence-corrected chi connectivity index (χ3v) is 2.91. The van der Waals surface area contributed by atoms with Gasteiger partial charge in [-0.05, 0) is 17.7 Å². The van der Waals surface area contributed by atoms with Gasteiger partial charge in [0.25, 0.3) is 0 Å². The second kappa shape index (κ2) is 5.48. The Kier molecular flexibility index (Phi) is 3.36. The summed E-state index contributed by atoms with van der Waals surface area (Å²) in [6.07, 6.45) is 4.19. The second-order valence-electron chi connectivity index (χ2n) is 4.26. The fourth-order valence-corrected chi connectivity index (χ4v) is 1.94. The van der Waals surface area contributed by atoms with Gasteiger partial charge in [0.15, 0.2) is 11.5 Å². The summed E-state index contributed by atoms with van der Waals surface area (Å²) in [5.41, 5.74) is 2.23. The van der Waals surface area contributed by atoms with Gasteiger partial charge < -0.3 is 14.8 Å². The highest BCUT2D eigenvalue weighted by Crippen LogP contribution is 2.34. The van der Waals surface area contributed by atoms with Gasteiger partial charge in [-0.3, -0.25) is 0 Å². The Morgan fingerprint density at radius 2 is 1.84 bits per heavy atom. The summed E-state index contributed by atoms with van der Waals surface area (Å²) in [7, 11) is 0. The van der Waals surface area contributed by atoms with Crippen LogP contribution in [0.4, 0.5) is 5.69 Å². The van der Waals surface area contributed by atoms with E-state index < -0.39 is 0 Å². The van der Waals surface area contributed by atoms with Crippen LogP contribution in [0.2, 0.25) is 0 Å². The maximum atomic E-state index is 5.33. The number of rotatable bonds is 4. The number of ether oxygens (including phenoxy) is 2. The fourth-order valence-electron chi connectivity index (χ4n) is 1.94. The van der Waals surface area contributed by atoms with Crippen molar-refractivity contribution in [3.05, 3.63) is 60.2 Å². The first kappa shape index (κ1) is 11.7. The van der Waals surface area contributed by atoms with E-state index in [0.29, 0.717) is 6.79 Å². The molecule has 2 aromatic carbocycles. The molecule has 0 bridgehead atoms. The fraction of sp³-hybridized carbons (Fsp3) is 0.125. The van der Waals surface area contributed by atoms with Crippen LogP contribution in [0, 0.1) is 0 Å². The summed E-state index contributed by atoms with van der Waals surface area (Å²) in [6.45, 7) is 1.08. The molecule has 0 unspecified atom stereocenters. The van der Waals surface area contributed by atoms with Gasteiger partial charge in [-0.1, -0.05) is 42.5 Å². The Morgan fingerprint density at radius 1 is 1.00 bits per heavy atom. The lowest BCUT2D eigenvalue weighted by atomic mass is 10.2. The predicted octanol–water partition coefficient (Wildman–Crippen LogP) is 3.54. The van der Waals surface area contributed by atoms with Gasteiger partial charge in [0.2, 0.25) is 6.79 Å². The van der Waals surface area contributed by atoms with Gasteiger partial charge in [-0.2, -0.15) is 0 Å². The molecule has 3 heteroatoms. The minimum atomic E-state index is 0.312. The summed E-state index contributed by atoms with van der Waals surface area (Å²) in [5.74, 6) is 1.61. The van der Waals surface area contributed by atoms with Crippen LogP contribution in [0.5, 0.6) is 11.5 Å². The van der Waals surface area contributed by atoms with Crippen LogP contribution in [-0.2, 0) is 0 Å². The summed E-state index contributed by atoms with van der Waals surface area (Å²) < 4.78 is 10.6. The molecule has 1 aliphatic rings. The average molecular weight is 253 g/mol. The zero-order valence-electron chi connectivity index (χ0n) is 10.5. The zero-order valence-corrected chi connectivity index (χ0v) is 10.5. The maximum absolute atomic E-state index is 5.33. The summed E-state index contributed by atoms with van der Waals surface area (Å²) in [5, 5.41) is 3.32. The summed E-state index contributed by atoms with van der Waals surface area (Å²) in [4.78, 5) is 0. The van der Waals surface area contributed by atoms with Crippen molar-refractivity contribution in [2.45, 2.75) is 0 Å². The average Bonchev–Trinajstić information content (AvgIpc) is 2.92. The van der Waals surface area contributed by atoms with E-state index in [2.05, 4.69) is 29.6 Å². The predicted molar refractivity (Wildman–Crippen MR) is 76.5 cm³/mol. The highest BCUT2D eigenvalue weighted by molar-refractivity contribution is 5.56. The van der Waals surface area contributed by atoms with Crippen molar-refractivity contribution in [3.8, 4) is 11.5 Å². The van der Waals surface area contributed by atoms with Gasteiger partial charge in [-0.15, -0.1) is 0 Å².